The first kappa shape index (κ1) is 28.7. The molecule has 0 N–H and O–H groups in total. The Morgan fingerprint density at radius 1 is 0.967 bits per heavy atom. The molecule has 0 heteroatoms. The Bertz CT molecular complexity index is 671. The Kier molecular flexibility index (Phi) is 12.0. The summed E-state index contributed by atoms with van der Waals surface area (Å²) in [6.07, 6.45) is 14.9. The maximum atomic E-state index is 4.08. The van der Waals surface area contributed by atoms with Gasteiger partial charge in [0.25, 0.3) is 0 Å². The van der Waals surface area contributed by atoms with Gasteiger partial charge in [0.2, 0.25) is 0 Å². The first-order chi connectivity index (χ1) is 13.7. The van der Waals surface area contributed by atoms with Crippen LogP contribution >= 0.6 is 0 Å². The van der Waals surface area contributed by atoms with E-state index < -0.39 is 0 Å². The lowest BCUT2D eigenvalue weighted by molar-refractivity contribution is 0.451. The second-order valence-corrected chi connectivity index (χ2v) is 10.9. The summed E-state index contributed by atoms with van der Waals surface area (Å²) in [7, 11) is 0. The minimum Gasteiger partial charge on any atom is -0.103 e. The molecule has 0 nitrogen and oxygen atoms in total. The molecule has 0 spiro atoms. The van der Waals surface area contributed by atoms with Crippen LogP contribution in [0.15, 0.2) is 52.7 Å². The van der Waals surface area contributed by atoms with Crippen LogP contribution in [0.25, 0.3) is 0 Å². The van der Waals surface area contributed by atoms with E-state index in [-0.39, 0.29) is 10.8 Å². The van der Waals surface area contributed by atoms with Crippen molar-refractivity contribution in [3.63, 3.8) is 0 Å². The van der Waals surface area contributed by atoms with Gasteiger partial charge in [0.05, 0.1) is 0 Å². The average Bonchev–Trinajstić information content (AvgIpc) is 2.63. The summed E-state index contributed by atoms with van der Waals surface area (Å²) in [6, 6.07) is 0. The topological polar surface area (TPSA) is 0 Å². The maximum Gasteiger partial charge on any atom is 0.00811 e. The lowest BCUT2D eigenvalue weighted by atomic mass is 9.77. The van der Waals surface area contributed by atoms with Crippen LogP contribution in [0, 0.1) is 28.7 Å². The van der Waals surface area contributed by atoms with Crippen LogP contribution in [0.2, 0.25) is 0 Å². The Labute approximate surface area is 190 Å². The lowest BCUT2D eigenvalue weighted by Crippen LogP contribution is -2.15. The van der Waals surface area contributed by atoms with Crippen molar-refractivity contribution in [1.82, 2.24) is 0 Å². The van der Waals surface area contributed by atoms with E-state index >= 15 is 0 Å². The molecule has 0 fully saturated rings. The summed E-state index contributed by atoms with van der Waals surface area (Å²) in [5.74, 6) is 1.12. The van der Waals surface area contributed by atoms with E-state index in [1.54, 1.807) is 11.1 Å². The molecule has 0 aliphatic carbocycles. The van der Waals surface area contributed by atoms with Gasteiger partial charge in [0.15, 0.2) is 0 Å². The minimum atomic E-state index is -0.0642. The third kappa shape index (κ3) is 10.1. The predicted octanol–water partition coefficient (Wildman–Crippen LogP) is 10.1. The van der Waals surface area contributed by atoms with E-state index in [1.807, 2.05) is 0 Å². The van der Waals surface area contributed by atoms with E-state index in [1.165, 1.54) is 16.7 Å². The summed E-state index contributed by atoms with van der Waals surface area (Å²) in [4.78, 5) is 0. The van der Waals surface area contributed by atoms with Crippen LogP contribution < -0.4 is 0 Å². The second-order valence-electron chi connectivity index (χ2n) is 10.9. The number of rotatable bonds is 12. The van der Waals surface area contributed by atoms with Gasteiger partial charge in [-0.3, -0.25) is 0 Å². The van der Waals surface area contributed by atoms with Crippen molar-refractivity contribution in [3.8, 4) is 0 Å². The second kappa shape index (κ2) is 12.5. The highest BCUT2D eigenvalue weighted by molar-refractivity contribution is 5.36. The smallest absolute Gasteiger partial charge is 0.00811 e. The Morgan fingerprint density at radius 2 is 1.53 bits per heavy atom. The van der Waals surface area contributed by atoms with Gasteiger partial charge in [0, 0.05) is 5.41 Å². The van der Waals surface area contributed by atoms with Crippen molar-refractivity contribution in [2.45, 2.75) is 109 Å². The van der Waals surface area contributed by atoms with E-state index in [9.17, 15) is 0 Å². The third-order valence-electron chi connectivity index (χ3n) is 6.35. The van der Waals surface area contributed by atoms with Crippen LogP contribution in [0.4, 0.5) is 0 Å². The fourth-order valence-electron chi connectivity index (χ4n) is 4.09. The summed E-state index contributed by atoms with van der Waals surface area (Å²) in [5.41, 5.74) is 7.51. The van der Waals surface area contributed by atoms with Gasteiger partial charge in [-0.25, -0.2) is 0 Å². The largest absolute Gasteiger partial charge is 0.103 e. The molecule has 0 aromatic carbocycles. The zero-order valence-corrected chi connectivity index (χ0v) is 22.4. The molecule has 0 aromatic heterocycles. The molecule has 0 saturated heterocycles. The quantitative estimate of drug-likeness (QED) is 0.221. The monoisotopic (exact) mass is 411 g/mol. The molecule has 0 saturated carbocycles. The average molecular weight is 412 g/mol. The van der Waals surface area contributed by atoms with E-state index in [0.29, 0.717) is 11.8 Å². The highest BCUT2D eigenvalue weighted by Crippen LogP contribution is 2.37. The van der Waals surface area contributed by atoms with Crippen LogP contribution in [-0.2, 0) is 0 Å². The van der Waals surface area contributed by atoms with Crippen LogP contribution in [-0.4, -0.2) is 0 Å². The zero-order chi connectivity index (χ0) is 23.7. The molecule has 30 heavy (non-hydrogen) atoms. The molecule has 1 atom stereocenters. The normalized spacial score (nSPS) is 16.6. The first-order valence-corrected chi connectivity index (χ1v) is 12.0. The highest BCUT2D eigenvalue weighted by atomic mass is 14.3. The van der Waals surface area contributed by atoms with Crippen molar-refractivity contribution in [2.75, 3.05) is 0 Å². The van der Waals surface area contributed by atoms with Gasteiger partial charge < -0.3 is 0 Å². The van der Waals surface area contributed by atoms with E-state index in [2.05, 4.69) is 114 Å². The van der Waals surface area contributed by atoms with Gasteiger partial charge >= 0.3 is 0 Å². The van der Waals surface area contributed by atoms with Crippen molar-refractivity contribution in [1.29, 1.82) is 0 Å². The first-order valence-electron chi connectivity index (χ1n) is 12.0. The van der Waals surface area contributed by atoms with Crippen molar-refractivity contribution in [3.05, 3.63) is 58.7 Å². The Hall–Kier alpha value is -1.30. The van der Waals surface area contributed by atoms with E-state index in [4.69, 9.17) is 0 Å². The molecule has 0 amide bonds. The molecule has 1 radical (unpaired) electrons. The summed E-state index contributed by atoms with van der Waals surface area (Å²) < 4.78 is 0. The molecular weight excluding hydrogens is 360 g/mol. The van der Waals surface area contributed by atoms with Gasteiger partial charge in [-0.1, -0.05) is 90.3 Å². The van der Waals surface area contributed by atoms with Gasteiger partial charge in [-0.2, -0.15) is 0 Å². The molecule has 0 rings (SSSR count). The Morgan fingerprint density at radius 3 is 1.97 bits per heavy atom. The van der Waals surface area contributed by atoms with Crippen molar-refractivity contribution < 1.29 is 0 Å². The SMILES string of the molecule is C=CC(C)(C)CC(=C(C)/C(=[C]/C(C)(C)C=CC)CC(C)CC(C)=C(C)CC)C(C)C. The van der Waals surface area contributed by atoms with Crippen LogP contribution in [0.3, 0.4) is 0 Å². The van der Waals surface area contributed by atoms with Crippen molar-refractivity contribution in [2.24, 2.45) is 22.7 Å². The van der Waals surface area contributed by atoms with Crippen LogP contribution in [0.5, 0.6) is 0 Å². The third-order valence-corrected chi connectivity index (χ3v) is 6.35. The lowest BCUT2D eigenvalue weighted by Gasteiger charge is -2.28. The van der Waals surface area contributed by atoms with Crippen LogP contribution in [0.1, 0.15) is 109 Å². The van der Waals surface area contributed by atoms with E-state index in [0.717, 1.165) is 25.7 Å². The van der Waals surface area contributed by atoms with Gasteiger partial charge in [-0.15, -0.1) is 6.58 Å². The molecule has 0 bridgehead atoms. The number of hydrogen-bond acceptors (Lipinski definition) is 0. The molecule has 0 aliphatic heterocycles. The summed E-state index contributed by atoms with van der Waals surface area (Å²) in [5, 5.41) is 0. The summed E-state index contributed by atoms with van der Waals surface area (Å²) in [6.45, 7) is 31.5. The highest BCUT2D eigenvalue weighted by Gasteiger charge is 2.23. The standard InChI is InChI=1S/C30H51/c1-14-17-30(12,13)20-27(19-23(6)18-25(8)24(7)15-2)26(9)28(22(4)5)21-29(10,11)16-3/h14,16-17,22-23H,3,15,18-19,21H2,1-2,4-13H3. The fourth-order valence-corrected chi connectivity index (χ4v) is 4.09. The van der Waals surface area contributed by atoms with Gasteiger partial charge in [-0.05, 0) is 87.9 Å². The number of hydrogen-bond donors (Lipinski definition) is 0. The molecular formula is C30H51. The number of allylic oxidation sites excluding steroid dienone is 9. The molecule has 0 heterocycles. The van der Waals surface area contributed by atoms with Gasteiger partial charge in [0.1, 0.15) is 0 Å². The molecule has 171 valence electrons. The minimum absolute atomic E-state index is 0.0642. The maximum absolute atomic E-state index is 4.08. The molecule has 0 aromatic rings. The molecule has 0 aliphatic rings. The molecule has 1 unspecified atom stereocenters. The summed E-state index contributed by atoms with van der Waals surface area (Å²) >= 11 is 0. The fraction of sp³-hybridized carbons (Fsp3) is 0.667. The predicted molar refractivity (Wildman–Crippen MR) is 139 cm³/mol. The van der Waals surface area contributed by atoms with Crippen molar-refractivity contribution >= 4 is 0 Å². The Balaban J connectivity index is 6.28. The zero-order valence-electron chi connectivity index (χ0n) is 22.4.